The Morgan fingerprint density at radius 1 is 1.22 bits per heavy atom. The van der Waals surface area contributed by atoms with Crippen LogP contribution in [0.25, 0.3) is 0 Å². The van der Waals surface area contributed by atoms with Crippen LogP contribution < -0.4 is 11.1 Å². The molecule has 0 saturated carbocycles. The Labute approximate surface area is 180 Å². The molecule has 0 atom stereocenters. The molecular formula is C18H32IN5O2S. The number of benzene rings is 1. The van der Waals surface area contributed by atoms with E-state index >= 15 is 0 Å². The smallest absolute Gasteiger partial charge is 0.243 e. The van der Waals surface area contributed by atoms with Crippen LogP contribution in [0.3, 0.4) is 0 Å². The van der Waals surface area contributed by atoms with E-state index in [0.29, 0.717) is 35.4 Å². The maximum Gasteiger partial charge on any atom is 0.243 e. The Bertz CT molecular complexity index is 716. The number of sulfonamides is 1. The van der Waals surface area contributed by atoms with Crippen molar-refractivity contribution < 1.29 is 8.42 Å². The molecule has 154 valence electrons. The standard InChI is InChI=1S/C18H31N5O2S.HI/c1-15(2)8-9-20-18(19)21-14-16-6-4-5-7-17(16)26(24,25)23-12-10-22(3)11-13-23;/h4-7,15H,8-14H2,1-3H3,(H3,19,20,21);1H. The van der Waals surface area contributed by atoms with Crippen LogP contribution in [0.4, 0.5) is 0 Å². The molecule has 0 radical (unpaired) electrons. The summed E-state index contributed by atoms with van der Waals surface area (Å²) < 4.78 is 27.6. The van der Waals surface area contributed by atoms with E-state index < -0.39 is 10.0 Å². The Hall–Kier alpha value is -0.910. The van der Waals surface area contributed by atoms with Crippen molar-refractivity contribution >= 4 is 40.0 Å². The SMILES string of the molecule is CC(C)CCNC(N)=NCc1ccccc1S(=O)(=O)N1CCN(C)CC1.I. The molecule has 7 nitrogen and oxygen atoms in total. The Morgan fingerprint density at radius 3 is 2.48 bits per heavy atom. The molecule has 0 bridgehead atoms. The maximum atomic E-state index is 13.0. The summed E-state index contributed by atoms with van der Waals surface area (Å²) in [5.41, 5.74) is 6.57. The average Bonchev–Trinajstić information content (AvgIpc) is 2.60. The van der Waals surface area contributed by atoms with Gasteiger partial charge in [-0.15, -0.1) is 24.0 Å². The number of piperazine rings is 1. The number of halogens is 1. The highest BCUT2D eigenvalue weighted by molar-refractivity contribution is 14.0. The number of likely N-dealkylation sites (N-methyl/N-ethyl adjacent to an activating group) is 1. The number of hydrogen-bond donors (Lipinski definition) is 2. The van der Waals surface area contributed by atoms with E-state index in [1.54, 1.807) is 22.5 Å². The largest absolute Gasteiger partial charge is 0.370 e. The summed E-state index contributed by atoms with van der Waals surface area (Å²) in [6, 6.07) is 7.03. The predicted molar refractivity (Wildman–Crippen MR) is 121 cm³/mol. The molecule has 27 heavy (non-hydrogen) atoms. The van der Waals surface area contributed by atoms with E-state index in [1.165, 1.54) is 0 Å². The fourth-order valence-electron chi connectivity index (χ4n) is 2.77. The van der Waals surface area contributed by atoms with Gasteiger partial charge in [-0.1, -0.05) is 32.0 Å². The highest BCUT2D eigenvalue weighted by atomic mass is 127. The quantitative estimate of drug-likeness (QED) is 0.332. The highest BCUT2D eigenvalue weighted by Crippen LogP contribution is 2.22. The zero-order valence-electron chi connectivity index (χ0n) is 16.4. The van der Waals surface area contributed by atoms with Gasteiger partial charge in [-0.3, -0.25) is 0 Å². The molecule has 1 aliphatic heterocycles. The van der Waals surface area contributed by atoms with Gasteiger partial charge in [-0.25, -0.2) is 13.4 Å². The Morgan fingerprint density at radius 2 is 1.85 bits per heavy atom. The number of nitrogens with one attached hydrogen (secondary N) is 1. The Balaban J connectivity index is 0.00000364. The summed E-state index contributed by atoms with van der Waals surface area (Å²) >= 11 is 0. The molecule has 1 aliphatic rings. The van der Waals surface area contributed by atoms with Crippen LogP contribution in [0.15, 0.2) is 34.2 Å². The van der Waals surface area contributed by atoms with Crippen LogP contribution in [0.5, 0.6) is 0 Å². The number of aliphatic imine (C=N–C) groups is 1. The van der Waals surface area contributed by atoms with Gasteiger partial charge in [0, 0.05) is 32.7 Å². The van der Waals surface area contributed by atoms with Crippen molar-refractivity contribution in [1.29, 1.82) is 0 Å². The van der Waals surface area contributed by atoms with Crippen molar-refractivity contribution in [3.8, 4) is 0 Å². The molecule has 0 amide bonds. The summed E-state index contributed by atoms with van der Waals surface area (Å²) in [7, 11) is -1.51. The summed E-state index contributed by atoms with van der Waals surface area (Å²) in [6.07, 6.45) is 1.00. The minimum Gasteiger partial charge on any atom is -0.370 e. The zero-order valence-corrected chi connectivity index (χ0v) is 19.5. The third kappa shape index (κ3) is 7.20. The second kappa shape index (κ2) is 11.2. The van der Waals surface area contributed by atoms with Gasteiger partial charge in [0.05, 0.1) is 11.4 Å². The molecule has 1 aromatic rings. The lowest BCUT2D eigenvalue weighted by Gasteiger charge is -2.32. The maximum absolute atomic E-state index is 13.0. The normalized spacial score (nSPS) is 17.0. The van der Waals surface area contributed by atoms with Crippen molar-refractivity contribution in [2.24, 2.45) is 16.6 Å². The molecule has 0 spiro atoms. The molecule has 1 saturated heterocycles. The summed E-state index contributed by atoms with van der Waals surface area (Å²) in [4.78, 5) is 6.77. The molecular weight excluding hydrogens is 477 g/mol. The van der Waals surface area contributed by atoms with Gasteiger partial charge in [0.25, 0.3) is 0 Å². The van der Waals surface area contributed by atoms with E-state index in [4.69, 9.17) is 5.73 Å². The fourth-order valence-corrected chi connectivity index (χ4v) is 4.41. The second-order valence-corrected chi connectivity index (χ2v) is 9.03. The van der Waals surface area contributed by atoms with E-state index in [2.05, 4.69) is 29.1 Å². The van der Waals surface area contributed by atoms with E-state index in [-0.39, 0.29) is 30.5 Å². The minimum absolute atomic E-state index is 0. The number of rotatable bonds is 7. The summed E-state index contributed by atoms with van der Waals surface area (Å²) in [6.45, 7) is 7.80. The van der Waals surface area contributed by atoms with Crippen molar-refractivity contribution in [3.05, 3.63) is 29.8 Å². The van der Waals surface area contributed by atoms with Gasteiger partial charge in [-0.2, -0.15) is 4.31 Å². The van der Waals surface area contributed by atoms with Crippen molar-refractivity contribution in [2.75, 3.05) is 39.8 Å². The van der Waals surface area contributed by atoms with E-state index in [9.17, 15) is 8.42 Å². The minimum atomic E-state index is -3.52. The first kappa shape index (κ1) is 24.1. The van der Waals surface area contributed by atoms with Crippen molar-refractivity contribution in [2.45, 2.75) is 31.7 Å². The van der Waals surface area contributed by atoms with Gasteiger partial charge in [0.1, 0.15) is 0 Å². The molecule has 0 aliphatic carbocycles. The van der Waals surface area contributed by atoms with Crippen molar-refractivity contribution in [3.63, 3.8) is 0 Å². The Kier molecular flexibility index (Phi) is 9.99. The lowest BCUT2D eigenvalue weighted by Crippen LogP contribution is -2.47. The average molecular weight is 509 g/mol. The van der Waals surface area contributed by atoms with E-state index in [0.717, 1.165) is 26.1 Å². The number of guanidine groups is 1. The van der Waals surface area contributed by atoms with Crippen LogP contribution >= 0.6 is 24.0 Å². The molecule has 1 heterocycles. The van der Waals surface area contributed by atoms with E-state index in [1.807, 2.05) is 13.1 Å². The second-order valence-electron chi connectivity index (χ2n) is 7.13. The lowest BCUT2D eigenvalue weighted by molar-refractivity contribution is 0.222. The predicted octanol–water partition coefficient (Wildman–Crippen LogP) is 1.69. The third-order valence-electron chi connectivity index (χ3n) is 4.50. The molecule has 0 aromatic heterocycles. The summed E-state index contributed by atoms with van der Waals surface area (Å²) in [5.74, 6) is 0.933. The highest BCUT2D eigenvalue weighted by Gasteiger charge is 2.29. The molecule has 3 N–H and O–H groups in total. The zero-order chi connectivity index (χ0) is 19.2. The van der Waals surface area contributed by atoms with Gasteiger partial charge < -0.3 is 16.0 Å². The van der Waals surface area contributed by atoms with Crippen LogP contribution in [0.1, 0.15) is 25.8 Å². The third-order valence-corrected chi connectivity index (χ3v) is 6.50. The summed E-state index contributed by atoms with van der Waals surface area (Å²) in [5, 5.41) is 3.07. The topological polar surface area (TPSA) is 91.0 Å². The van der Waals surface area contributed by atoms with Gasteiger partial charge >= 0.3 is 0 Å². The van der Waals surface area contributed by atoms with Crippen molar-refractivity contribution in [1.82, 2.24) is 14.5 Å². The first-order valence-electron chi connectivity index (χ1n) is 9.11. The fraction of sp³-hybridized carbons (Fsp3) is 0.611. The van der Waals surface area contributed by atoms with Gasteiger partial charge in [0.2, 0.25) is 10.0 Å². The number of nitrogens with zero attached hydrogens (tertiary/aromatic N) is 3. The van der Waals surface area contributed by atoms with Crippen LogP contribution in [0, 0.1) is 5.92 Å². The molecule has 1 aromatic carbocycles. The monoisotopic (exact) mass is 509 g/mol. The van der Waals surface area contributed by atoms with Gasteiger partial charge in [0.15, 0.2) is 5.96 Å². The molecule has 2 rings (SSSR count). The van der Waals surface area contributed by atoms with Crippen LogP contribution in [0.2, 0.25) is 0 Å². The van der Waals surface area contributed by atoms with Crippen LogP contribution in [-0.4, -0.2) is 63.4 Å². The first-order valence-corrected chi connectivity index (χ1v) is 10.5. The molecule has 9 heteroatoms. The number of hydrogen-bond acceptors (Lipinski definition) is 4. The number of nitrogens with two attached hydrogens (primary N) is 1. The molecule has 1 fully saturated rings. The lowest BCUT2D eigenvalue weighted by atomic mass is 10.1. The first-order chi connectivity index (χ1) is 12.3. The molecule has 0 unspecified atom stereocenters. The van der Waals surface area contributed by atoms with Crippen LogP contribution in [-0.2, 0) is 16.6 Å². The van der Waals surface area contributed by atoms with Gasteiger partial charge in [-0.05, 0) is 31.0 Å².